The predicted octanol–water partition coefficient (Wildman–Crippen LogP) is 2.43. The Kier molecular flexibility index (Phi) is 7.86. The fraction of sp³-hybridized carbons (Fsp3) is 0.278. The highest BCUT2D eigenvalue weighted by Crippen LogP contribution is 2.25. The zero-order valence-corrected chi connectivity index (χ0v) is 16.7. The molecule has 28 heavy (non-hydrogen) atoms. The Morgan fingerprint density at radius 1 is 1.29 bits per heavy atom. The van der Waals surface area contributed by atoms with Gasteiger partial charge < -0.3 is 19.9 Å². The van der Waals surface area contributed by atoms with Gasteiger partial charge in [-0.15, -0.1) is 24.8 Å². The van der Waals surface area contributed by atoms with Crippen molar-refractivity contribution in [2.75, 3.05) is 18.5 Å². The molecule has 1 aliphatic rings. The number of aromatic amines is 1. The van der Waals surface area contributed by atoms with Gasteiger partial charge in [0.15, 0.2) is 5.69 Å². The molecule has 3 heterocycles. The molecular formula is C18H22Cl2N6O2. The maximum absolute atomic E-state index is 12.7. The maximum atomic E-state index is 12.7. The summed E-state index contributed by atoms with van der Waals surface area (Å²) in [5.74, 6) is 0.389. The van der Waals surface area contributed by atoms with E-state index in [1.165, 1.54) is 0 Å². The first-order valence-electron chi connectivity index (χ1n) is 8.57. The number of hydrogen-bond donors (Lipinski definition) is 3. The van der Waals surface area contributed by atoms with Crippen LogP contribution in [-0.2, 0) is 19.5 Å². The molecule has 0 saturated carbocycles. The molecule has 1 aromatic carbocycles. The van der Waals surface area contributed by atoms with Crippen LogP contribution in [0.2, 0.25) is 0 Å². The fourth-order valence-corrected chi connectivity index (χ4v) is 2.97. The summed E-state index contributed by atoms with van der Waals surface area (Å²) in [6, 6.07) is 7.40. The van der Waals surface area contributed by atoms with Crippen LogP contribution in [0.25, 0.3) is 0 Å². The molecule has 150 valence electrons. The Morgan fingerprint density at radius 3 is 2.96 bits per heavy atom. The van der Waals surface area contributed by atoms with Crippen molar-refractivity contribution in [1.29, 1.82) is 0 Å². The molecule has 0 radical (unpaired) electrons. The Labute approximate surface area is 174 Å². The molecule has 0 spiro atoms. The van der Waals surface area contributed by atoms with Crippen LogP contribution in [0.4, 0.5) is 5.69 Å². The molecule has 8 nitrogen and oxygen atoms in total. The molecule has 0 saturated heterocycles. The Morgan fingerprint density at radius 2 is 2.14 bits per heavy atom. The quantitative estimate of drug-likeness (QED) is 0.564. The summed E-state index contributed by atoms with van der Waals surface area (Å²) < 4.78 is 7.77. The third-order valence-corrected chi connectivity index (χ3v) is 4.32. The van der Waals surface area contributed by atoms with Crippen molar-refractivity contribution in [3.8, 4) is 5.75 Å². The van der Waals surface area contributed by atoms with E-state index in [4.69, 9.17) is 4.74 Å². The van der Waals surface area contributed by atoms with Gasteiger partial charge in [-0.3, -0.25) is 9.89 Å². The number of para-hydroxylation sites is 2. The largest absolute Gasteiger partial charge is 0.490 e. The van der Waals surface area contributed by atoms with E-state index >= 15 is 0 Å². The molecule has 4 rings (SSSR count). The van der Waals surface area contributed by atoms with Crippen LogP contribution in [0.1, 0.15) is 21.7 Å². The molecule has 0 bridgehead atoms. The van der Waals surface area contributed by atoms with Gasteiger partial charge >= 0.3 is 0 Å². The van der Waals surface area contributed by atoms with Gasteiger partial charge in [-0.05, 0) is 12.1 Å². The lowest BCUT2D eigenvalue weighted by atomic mass is 10.1. The lowest BCUT2D eigenvalue weighted by Crippen LogP contribution is -2.25. The molecule has 0 aliphatic carbocycles. The van der Waals surface area contributed by atoms with Crippen molar-refractivity contribution in [2.24, 2.45) is 0 Å². The number of rotatable bonds is 6. The average molecular weight is 425 g/mol. The number of fused-ring (bicyclic) bond motifs is 1. The number of carbonyl (C=O) groups is 1. The molecule has 2 aromatic heterocycles. The number of ether oxygens (including phenoxy) is 1. The SMILES string of the molecule is Cl.Cl.O=C(Nc1ccccc1OCCn1ccnc1)c1n[nH]c2c1CNCC2. The predicted molar refractivity (Wildman–Crippen MR) is 111 cm³/mol. The van der Waals surface area contributed by atoms with Gasteiger partial charge in [0.1, 0.15) is 12.4 Å². The number of benzene rings is 1. The number of amides is 1. The van der Waals surface area contributed by atoms with E-state index < -0.39 is 0 Å². The summed E-state index contributed by atoms with van der Waals surface area (Å²) >= 11 is 0. The third-order valence-electron chi connectivity index (χ3n) is 4.32. The van der Waals surface area contributed by atoms with Gasteiger partial charge in [-0.1, -0.05) is 12.1 Å². The van der Waals surface area contributed by atoms with Crippen molar-refractivity contribution in [3.63, 3.8) is 0 Å². The summed E-state index contributed by atoms with van der Waals surface area (Å²) in [6.07, 6.45) is 6.20. The number of nitrogens with one attached hydrogen (secondary N) is 3. The monoisotopic (exact) mass is 424 g/mol. The second-order valence-corrected chi connectivity index (χ2v) is 6.06. The van der Waals surface area contributed by atoms with Crippen LogP contribution < -0.4 is 15.4 Å². The zero-order valence-electron chi connectivity index (χ0n) is 15.1. The highest BCUT2D eigenvalue weighted by molar-refractivity contribution is 6.04. The lowest BCUT2D eigenvalue weighted by Gasteiger charge is -2.14. The van der Waals surface area contributed by atoms with Gasteiger partial charge in [0.25, 0.3) is 5.91 Å². The number of H-pyrrole nitrogens is 1. The van der Waals surface area contributed by atoms with E-state index in [0.717, 1.165) is 24.2 Å². The number of anilines is 1. The number of imidazole rings is 1. The van der Waals surface area contributed by atoms with Crippen molar-refractivity contribution in [3.05, 3.63) is 59.9 Å². The maximum Gasteiger partial charge on any atom is 0.276 e. The van der Waals surface area contributed by atoms with E-state index in [9.17, 15) is 4.79 Å². The van der Waals surface area contributed by atoms with Gasteiger partial charge in [0, 0.05) is 43.2 Å². The zero-order chi connectivity index (χ0) is 17.8. The fourth-order valence-electron chi connectivity index (χ4n) is 2.97. The molecule has 0 unspecified atom stereocenters. The highest BCUT2D eigenvalue weighted by Gasteiger charge is 2.22. The topological polar surface area (TPSA) is 96.9 Å². The van der Waals surface area contributed by atoms with Gasteiger partial charge in [-0.2, -0.15) is 5.10 Å². The molecule has 1 amide bonds. The van der Waals surface area contributed by atoms with Crippen molar-refractivity contribution < 1.29 is 9.53 Å². The Hall–Kier alpha value is -2.55. The minimum atomic E-state index is -0.239. The smallest absolute Gasteiger partial charge is 0.276 e. The lowest BCUT2D eigenvalue weighted by molar-refractivity contribution is 0.102. The normalized spacial score (nSPS) is 12.3. The Balaban J connectivity index is 0.00000140. The van der Waals surface area contributed by atoms with E-state index in [1.54, 1.807) is 12.5 Å². The van der Waals surface area contributed by atoms with E-state index in [0.29, 0.717) is 36.8 Å². The summed E-state index contributed by atoms with van der Waals surface area (Å²) in [6.45, 7) is 2.70. The minimum absolute atomic E-state index is 0. The van der Waals surface area contributed by atoms with Crippen LogP contribution in [0.15, 0.2) is 43.0 Å². The van der Waals surface area contributed by atoms with Crippen LogP contribution in [0, 0.1) is 0 Å². The second kappa shape index (κ2) is 10.1. The second-order valence-electron chi connectivity index (χ2n) is 6.06. The van der Waals surface area contributed by atoms with Crippen molar-refractivity contribution in [2.45, 2.75) is 19.5 Å². The first-order chi connectivity index (χ1) is 12.8. The number of carbonyl (C=O) groups excluding carboxylic acids is 1. The number of nitrogens with zero attached hydrogens (tertiary/aromatic N) is 3. The molecule has 3 N–H and O–H groups in total. The van der Waals surface area contributed by atoms with Gasteiger partial charge in [0.2, 0.25) is 0 Å². The molecule has 1 aliphatic heterocycles. The molecule has 10 heteroatoms. The van der Waals surface area contributed by atoms with Gasteiger partial charge in [0.05, 0.1) is 18.6 Å². The molecule has 0 atom stereocenters. The Bertz CT molecular complexity index is 897. The molecule has 3 aromatic rings. The van der Waals surface area contributed by atoms with E-state index in [2.05, 4.69) is 25.8 Å². The van der Waals surface area contributed by atoms with Crippen molar-refractivity contribution >= 4 is 36.4 Å². The minimum Gasteiger partial charge on any atom is -0.490 e. The third kappa shape index (κ3) is 4.83. The number of aromatic nitrogens is 4. The van der Waals surface area contributed by atoms with Crippen molar-refractivity contribution in [1.82, 2.24) is 25.1 Å². The van der Waals surface area contributed by atoms with Crippen LogP contribution in [-0.4, -0.2) is 38.8 Å². The van der Waals surface area contributed by atoms with E-state index in [1.807, 2.05) is 35.0 Å². The first-order valence-corrected chi connectivity index (χ1v) is 8.57. The van der Waals surface area contributed by atoms with Crippen LogP contribution in [0.5, 0.6) is 5.75 Å². The summed E-state index contributed by atoms with van der Waals surface area (Å²) in [5, 5.41) is 13.3. The average Bonchev–Trinajstić information content (AvgIpc) is 3.32. The van der Waals surface area contributed by atoms with Crippen LogP contribution in [0.3, 0.4) is 0 Å². The first kappa shape index (κ1) is 21.7. The molecule has 0 fully saturated rings. The number of hydrogen-bond acceptors (Lipinski definition) is 5. The highest BCUT2D eigenvalue weighted by atomic mass is 35.5. The van der Waals surface area contributed by atoms with Gasteiger partial charge in [-0.25, -0.2) is 4.98 Å². The number of halogens is 2. The standard InChI is InChI=1S/C18H20N6O2.2ClH/c25-18(17-13-11-19-6-5-14(13)22-23-17)21-15-3-1-2-4-16(15)26-10-9-24-8-7-20-12-24;;/h1-4,7-8,12,19H,5-6,9-11H2,(H,21,25)(H,22,23);2*1H. The van der Waals surface area contributed by atoms with E-state index in [-0.39, 0.29) is 30.7 Å². The summed E-state index contributed by atoms with van der Waals surface area (Å²) in [7, 11) is 0. The molecular weight excluding hydrogens is 403 g/mol. The summed E-state index contributed by atoms with van der Waals surface area (Å²) in [4.78, 5) is 16.7. The summed E-state index contributed by atoms with van der Waals surface area (Å²) in [5.41, 5.74) is 3.02. The van der Waals surface area contributed by atoms with Crippen LogP contribution >= 0.6 is 24.8 Å².